The van der Waals surface area contributed by atoms with Gasteiger partial charge in [-0.15, -0.1) is 0 Å². The van der Waals surface area contributed by atoms with Gasteiger partial charge in [-0.25, -0.2) is 9.59 Å². The van der Waals surface area contributed by atoms with E-state index in [4.69, 9.17) is 9.47 Å². The molecule has 0 atom stereocenters. The number of urea groups is 1. The number of hydrogen-bond acceptors (Lipinski definition) is 6. The molecule has 0 aromatic heterocycles. The molecule has 1 aromatic carbocycles. The van der Waals surface area contributed by atoms with Crippen molar-refractivity contribution < 1.29 is 28.6 Å². The fraction of sp³-hybridized carbons (Fsp3) is 0.389. The molecule has 0 heterocycles. The van der Waals surface area contributed by atoms with Crippen molar-refractivity contribution in [3.63, 3.8) is 0 Å². The molecule has 26 heavy (non-hydrogen) atoms. The largest absolute Gasteiger partial charge is 0.493 e. The van der Waals surface area contributed by atoms with E-state index < -0.39 is 23.4 Å². The summed E-state index contributed by atoms with van der Waals surface area (Å²) >= 11 is 0. The Kier molecular flexibility index (Phi) is 7.64. The second-order valence-corrected chi connectivity index (χ2v) is 6.31. The number of esters is 1. The van der Waals surface area contributed by atoms with Crippen molar-refractivity contribution in [3.05, 3.63) is 29.8 Å². The molecule has 0 aliphatic heterocycles. The van der Waals surface area contributed by atoms with E-state index in [-0.39, 0.29) is 6.61 Å². The van der Waals surface area contributed by atoms with E-state index in [0.29, 0.717) is 17.1 Å². The third kappa shape index (κ3) is 7.69. The molecular formula is C18H24N2O6. The monoisotopic (exact) mass is 364 g/mol. The molecule has 0 bridgehead atoms. The number of rotatable bonds is 6. The van der Waals surface area contributed by atoms with Gasteiger partial charge in [-0.1, -0.05) is 6.07 Å². The van der Waals surface area contributed by atoms with Gasteiger partial charge in [0.25, 0.3) is 5.91 Å². The molecule has 0 spiro atoms. The lowest BCUT2D eigenvalue weighted by molar-refractivity contribution is -0.134. The van der Waals surface area contributed by atoms with E-state index in [0.717, 1.165) is 0 Å². The van der Waals surface area contributed by atoms with Gasteiger partial charge in [-0.05, 0) is 44.5 Å². The summed E-state index contributed by atoms with van der Waals surface area (Å²) in [5, 5.41) is 4.79. The fourth-order valence-corrected chi connectivity index (χ4v) is 1.82. The van der Waals surface area contributed by atoms with Crippen molar-refractivity contribution in [2.24, 2.45) is 0 Å². The topological polar surface area (TPSA) is 103 Å². The van der Waals surface area contributed by atoms with Crippen LogP contribution in [0.2, 0.25) is 0 Å². The van der Waals surface area contributed by atoms with Gasteiger partial charge in [0.2, 0.25) is 0 Å². The number of benzene rings is 1. The Morgan fingerprint density at radius 3 is 2.38 bits per heavy atom. The Morgan fingerprint density at radius 1 is 1.12 bits per heavy atom. The van der Waals surface area contributed by atoms with Gasteiger partial charge in [0, 0.05) is 11.6 Å². The van der Waals surface area contributed by atoms with Gasteiger partial charge in [0.1, 0.15) is 0 Å². The van der Waals surface area contributed by atoms with E-state index in [1.54, 1.807) is 45.0 Å². The Bertz CT molecular complexity index is 691. The van der Waals surface area contributed by atoms with Crippen molar-refractivity contribution in [2.75, 3.05) is 20.8 Å². The third-order valence-corrected chi connectivity index (χ3v) is 2.90. The standard InChI is InChI=1S/C18H24N2O6/c1-18(2,3)20-17(23)19-15(21)11-26-13-8-6-12(10-14(13)24-4)7-9-16(22)25-5/h6-10H,11H2,1-5H3,(H2,19,20,21,23)/b9-7+. The number of carbonyl (C=O) groups excluding carboxylic acids is 3. The zero-order valence-corrected chi connectivity index (χ0v) is 15.5. The Balaban J connectivity index is 2.67. The first kappa shape index (κ1) is 21.0. The molecule has 0 radical (unpaired) electrons. The maximum absolute atomic E-state index is 11.8. The zero-order valence-electron chi connectivity index (χ0n) is 15.5. The lowest BCUT2D eigenvalue weighted by Gasteiger charge is -2.20. The smallest absolute Gasteiger partial charge is 0.330 e. The number of ether oxygens (including phenoxy) is 3. The summed E-state index contributed by atoms with van der Waals surface area (Å²) in [5.41, 5.74) is 0.232. The van der Waals surface area contributed by atoms with Crippen LogP contribution < -0.4 is 20.1 Å². The van der Waals surface area contributed by atoms with Gasteiger partial charge in [-0.3, -0.25) is 10.1 Å². The quantitative estimate of drug-likeness (QED) is 0.590. The highest BCUT2D eigenvalue weighted by molar-refractivity contribution is 5.95. The average Bonchev–Trinajstić information content (AvgIpc) is 2.56. The molecule has 0 aliphatic carbocycles. The minimum atomic E-state index is -0.596. The normalized spacial score (nSPS) is 11.0. The van der Waals surface area contributed by atoms with Crippen LogP contribution in [0.3, 0.4) is 0 Å². The second kappa shape index (κ2) is 9.45. The number of nitrogens with one attached hydrogen (secondary N) is 2. The first-order valence-electron chi connectivity index (χ1n) is 7.83. The van der Waals surface area contributed by atoms with Gasteiger partial charge < -0.3 is 19.5 Å². The fourth-order valence-electron chi connectivity index (χ4n) is 1.82. The van der Waals surface area contributed by atoms with Crippen molar-refractivity contribution in [3.8, 4) is 11.5 Å². The molecule has 142 valence electrons. The van der Waals surface area contributed by atoms with Crippen LogP contribution in [-0.2, 0) is 14.3 Å². The Hall–Kier alpha value is -3.03. The number of methoxy groups -OCH3 is 2. The molecule has 1 rings (SSSR count). The van der Waals surface area contributed by atoms with Crippen LogP contribution in [-0.4, -0.2) is 44.3 Å². The van der Waals surface area contributed by atoms with E-state index in [9.17, 15) is 14.4 Å². The van der Waals surface area contributed by atoms with Crippen LogP contribution >= 0.6 is 0 Å². The van der Waals surface area contributed by atoms with Crippen LogP contribution in [0.15, 0.2) is 24.3 Å². The highest BCUT2D eigenvalue weighted by atomic mass is 16.5. The van der Waals surface area contributed by atoms with Crippen LogP contribution in [0.4, 0.5) is 4.79 Å². The Morgan fingerprint density at radius 2 is 1.81 bits per heavy atom. The van der Waals surface area contributed by atoms with E-state index >= 15 is 0 Å². The molecule has 1 aromatic rings. The minimum Gasteiger partial charge on any atom is -0.493 e. The average molecular weight is 364 g/mol. The Labute approximate surface area is 152 Å². The van der Waals surface area contributed by atoms with Gasteiger partial charge in [0.15, 0.2) is 18.1 Å². The summed E-state index contributed by atoms with van der Waals surface area (Å²) in [6.07, 6.45) is 2.83. The van der Waals surface area contributed by atoms with Crippen molar-refractivity contribution in [1.82, 2.24) is 10.6 Å². The number of amides is 3. The summed E-state index contributed by atoms with van der Waals surface area (Å²) in [7, 11) is 2.74. The van der Waals surface area contributed by atoms with Crippen LogP contribution in [0.1, 0.15) is 26.3 Å². The molecule has 0 aliphatic rings. The van der Waals surface area contributed by atoms with Gasteiger partial charge >= 0.3 is 12.0 Å². The summed E-state index contributed by atoms with van der Waals surface area (Å²) < 4.78 is 15.1. The molecular weight excluding hydrogens is 340 g/mol. The maximum atomic E-state index is 11.8. The minimum absolute atomic E-state index is 0.328. The molecule has 3 amide bonds. The van der Waals surface area contributed by atoms with Crippen LogP contribution in [0.5, 0.6) is 11.5 Å². The summed E-state index contributed by atoms with van der Waals surface area (Å²) in [6.45, 7) is 5.04. The summed E-state index contributed by atoms with van der Waals surface area (Å²) in [4.78, 5) is 34.5. The van der Waals surface area contributed by atoms with Gasteiger partial charge in [-0.2, -0.15) is 0 Å². The summed E-state index contributed by atoms with van der Waals surface area (Å²) in [5.74, 6) is -0.365. The van der Waals surface area contributed by atoms with E-state index in [2.05, 4.69) is 15.4 Å². The molecule has 0 unspecified atom stereocenters. The van der Waals surface area contributed by atoms with Crippen molar-refractivity contribution in [1.29, 1.82) is 0 Å². The zero-order chi connectivity index (χ0) is 19.7. The second-order valence-electron chi connectivity index (χ2n) is 6.31. The number of carbonyl (C=O) groups is 3. The molecule has 8 heteroatoms. The molecule has 0 fully saturated rings. The first-order chi connectivity index (χ1) is 12.1. The van der Waals surface area contributed by atoms with Crippen molar-refractivity contribution >= 4 is 24.0 Å². The molecule has 2 N–H and O–H groups in total. The molecule has 0 saturated carbocycles. The van der Waals surface area contributed by atoms with Crippen molar-refractivity contribution in [2.45, 2.75) is 26.3 Å². The highest BCUT2D eigenvalue weighted by Crippen LogP contribution is 2.28. The van der Waals surface area contributed by atoms with Crippen LogP contribution in [0.25, 0.3) is 6.08 Å². The maximum Gasteiger partial charge on any atom is 0.330 e. The first-order valence-corrected chi connectivity index (χ1v) is 7.83. The van der Waals surface area contributed by atoms with E-state index in [1.807, 2.05) is 0 Å². The summed E-state index contributed by atoms with van der Waals surface area (Å²) in [6, 6.07) is 4.32. The number of hydrogen-bond donors (Lipinski definition) is 2. The predicted molar refractivity (Wildman–Crippen MR) is 96.0 cm³/mol. The SMILES string of the molecule is COC(=O)/C=C/c1ccc(OCC(=O)NC(=O)NC(C)(C)C)c(OC)c1. The van der Waals surface area contributed by atoms with Crippen LogP contribution in [0, 0.1) is 0 Å². The third-order valence-electron chi connectivity index (χ3n) is 2.90. The molecule has 8 nitrogen and oxygen atoms in total. The lowest BCUT2D eigenvalue weighted by Crippen LogP contribution is -2.49. The van der Waals surface area contributed by atoms with E-state index in [1.165, 1.54) is 20.3 Å². The number of imide groups is 1. The highest BCUT2D eigenvalue weighted by Gasteiger charge is 2.16. The van der Waals surface area contributed by atoms with Gasteiger partial charge in [0.05, 0.1) is 14.2 Å². The predicted octanol–water partition coefficient (Wildman–Crippen LogP) is 1.88. The molecule has 0 saturated heterocycles. The lowest BCUT2D eigenvalue weighted by atomic mass is 10.1.